The minimum atomic E-state index is -2.58. The van der Waals surface area contributed by atoms with Crippen LogP contribution in [0.5, 0.6) is 5.75 Å². The minimum Gasteiger partial charge on any atom is -0.488 e. The molecule has 27 heavy (non-hydrogen) atoms. The van der Waals surface area contributed by atoms with Gasteiger partial charge in [0.1, 0.15) is 18.2 Å². The molecule has 2 N–H and O–H groups in total. The summed E-state index contributed by atoms with van der Waals surface area (Å²) in [5, 5.41) is 5.56. The van der Waals surface area contributed by atoms with Crippen molar-refractivity contribution in [1.82, 2.24) is 10.3 Å². The molecule has 2 rings (SSSR count). The summed E-state index contributed by atoms with van der Waals surface area (Å²) < 4.78 is 29.3. The number of benzene rings is 1. The van der Waals surface area contributed by atoms with Crippen LogP contribution < -0.4 is 15.4 Å². The van der Waals surface area contributed by atoms with E-state index in [0.717, 1.165) is 0 Å². The predicted molar refractivity (Wildman–Crippen MR) is 97.4 cm³/mol. The Morgan fingerprint density at radius 1 is 1.26 bits per heavy atom. The van der Waals surface area contributed by atoms with Gasteiger partial charge in [0.05, 0.1) is 6.04 Å². The number of carbonyl (C=O) groups excluding carboxylic acids is 2. The second-order valence-electron chi connectivity index (χ2n) is 5.69. The Morgan fingerprint density at radius 3 is 2.63 bits per heavy atom. The number of halogens is 3. The third-order valence-corrected chi connectivity index (χ3v) is 3.82. The van der Waals surface area contributed by atoms with Gasteiger partial charge in [-0.25, -0.2) is 13.8 Å². The van der Waals surface area contributed by atoms with Gasteiger partial charge in [0, 0.05) is 23.7 Å². The average Bonchev–Trinajstić information content (AvgIpc) is 2.59. The van der Waals surface area contributed by atoms with Crippen LogP contribution in [0.25, 0.3) is 0 Å². The zero-order chi connectivity index (χ0) is 20.0. The molecule has 0 radical (unpaired) electrons. The van der Waals surface area contributed by atoms with Gasteiger partial charge in [0.2, 0.25) is 5.91 Å². The molecular formula is C18H18ClF2N3O3. The maximum Gasteiger partial charge on any atom is 0.272 e. The van der Waals surface area contributed by atoms with Crippen LogP contribution in [0.2, 0.25) is 5.02 Å². The SMILES string of the molecule is CC(=O)Nc1cc(C(=O)NC(C)c2ccc(OCC(F)F)cc2Cl)ccn1. The topological polar surface area (TPSA) is 80.3 Å². The van der Waals surface area contributed by atoms with Crippen molar-refractivity contribution < 1.29 is 23.1 Å². The lowest BCUT2D eigenvalue weighted by molar-refractivity contribution is -0.114. The molecule has 0 aliphatic heterocycles. The lowest BCUT2D eigenvalue weighted by Gasteiger charge is -2.17. The highest BCUT2D eigenvalue weighted by Crippen LogP contribution is 2.27. The van der Waals surface area contributed by atoms with E-state index in [1.54, 1.807) is 13.0 Å². The van der Waals surface area contributed by atoms with Crippen molar-refractivity contribution in [2.24, 2.45) is 0 Å². The second kappa shape index (κ2) is 9.27. The van der Waals surface area contributed by atoms with Crippen molar-refractivity contribution >= 4 is 29.2 Å². The number of rotatable bonds is 7. The van der Waals surface area contributed by atoms with E-state index in [-0.39, 0.29) is 28.4 Å². The van der Waals surface area contributed by atoms with Crippen LogP contribution in [0.1, 0.15) is 35.8 Å². The third kappa shape index (κ3) is 6.18. The van der Waals surface area contributed by atoms with Gasteiger partial charge in [-0.3, -0.25) is 9.59 Å². The molecule has 9 heteroatoms. The summed E-state index contributed by atoms with van der Waals surface area (Å²) in [4.78, 5) is 27.5. The summed E-state index contributed by atoms with van der Waals surface area (Å²) >= 11 is 6.18. The fraction of sp³-hybridized carbons (Fsp3) is 0.278. The smallest absolute Gasteiger partial charge is 0.272 e. The molecular weight excluding hydrogens is 380 g/mol. The van der Waals surface area contributed by atoms with Gasteiger partial charge in [0.15, 0.2) is 0 Å². The van der Waals surface area contributed by atoms with Crippen LogP contribution >= 0.6 is 11.6 Å². The van der Waals surface area contributed by atoms with Crippen molar-refractivity contribution in [3.05, 3.63) is 52.7 Å². The van der Waals surface area contributed by atoms with Crippen LogP contribution in [0.15, 0.2) is 36.5 Å². The van der Waals surface area contributed by atoms with Crippen molar-refractivity contribution in [2.45, 2.75) is 26.3 Å². The van der Waals surface area contributed by atoms with E-state index >= 15 is 0 Å². The number of ether oxygens (including phenoxy) is 1. The molecule has 1 atom stereocenters. The summed E-state index contributed by atoms with van der Waals surface area (Å²) in [6, 6.07) is 7.04. The zero-order valence-corrected chi connectivity index (χ0v) is 15.4. The first-order valence-corrected chi connectivity index (χ1v) is 8.39. The molecule has 2 aromatic rings. The van der Waals surface area contributed by atoms with Crippen molar-refractivity contribution in [1.29, 1.82) is 0 Å². The lowest BCUT2D eigenvalue weighted by Crippen LogP contribution is -2.27. The standard InChI is InChI=1S/C18H18ClF2N3O3/c1-10(14-4-3-13(8-15(14)19)27-9-16(20)21)23-18(26)12-5-6-22-17(7-12)24-11(2)25/h3-8,10,16H,9H2,1-2H3,(H,23,26)(H,22,24,25). The molecule has 0 bridgehead atoms. The Morgan fingerprint density at radius 2 is 2.00 bits per heavy atom. The molecule has 1 aromatic heterocycles. The lowest BCUT2D eigenvalue weighted by atomic mass is 10.1. The van der Waals surface area contributed by atoms with E-state index in [1.165, 1.54) is 37.4 Å². The summed E-state index contributed by atoms with van der Waals surface area (Å²) in [6.07, 6.45) is -1.17. The first kappa shape index (κ1) is 20.6. The number of nitrogens with zero attached hydrogens (tertiary/aromatic N) is 1. The predicted octanol–water partition coefficient (Wildman–Crippen LogP) is 3.83. The van der Waals surface area contributed by atoms with E-state index in [1.807, 2.05) is 0 Å². The minimum absolute atomic E-state index is 0.219. The average molecular weight is 398 g/mol. The van der Waals surface area contributed by atoms with Gasteiger partial charge in [-0.15, -0.1) is 0 Å². The van der Waals surface area contributed by atoms with Crippen molar-refractivity contribution in [3.63, 3.8) is 0 Å². The number of anilines is 1. The Bertz CT molecular complexity index is 833. The molecule has 0 aliphatic rings. The van der Waals surface area contributed by atoms with Gasteiger partial charge >= 0.3 is 0 Å². The highest BCUT2D eigenvalue weighted by Gasteiger charge is 2.16. The molecule has 2 amide bonds. The highest BCUT2D eigenvalue weighted by molar-refractivity contribution is 6.31. The Hall–Kier alpha value is -2.74. The fourth-order valence-corrected chi connectivity index (χ4v) is 2.62. The molecule has 144 valence electrons. The van der Waals surface area contributed by atoms with Crippen LogP contribution in [0.3, 0.4) is 0 Å². The maximum absolute atomic E-state index is 12.4. The van der Waals surface area contributed by atoms with Crippen LogP contribution in [-0.4, -0.2) is 29.8 Å². The van der Waals surface area contributed by atoms with Gasteiger partial charge in [0.25, 0.3) is 12.3 Å². The van der Waals surface area contributed by atoms with E-state index in [2.05, 4.69) is 15.6 Å². The number of aromatic nitrogens is 1. The van der Waals surface area contributed by atoms with E-state index in [4.69, 9.17) is 16.3 Å². The van der Waals surface area contributed by atoms with Gasteiger partial charge in [-0.2, -0.15) is 0 Å². The number of carbonyl (C=O) groups is 2. The summed E-state index contributed by atoms with van der Waals surface area (Å²) in [6.45, 7) is 2.35. The number of amides is 2. The summed E-state index contributed by atoms with van der Waals surface area (Å²) in [5.41, 5.74) is 0.916. The maximum atomic E-state index is 12.4. The molecule has 0 aliphatic carbocycles. The normalized spacial score (nSPS) is 11.8. The second-order valence-corrected chi connectivity index (χ2v) is 6.10. The fourth-order valence-electron chi connectivity index (χ4n) is 2.29. The number of nitrogens with one attached hydrogen (secondary N) is 2. The number of alkyl halides is 2. The van der Waals surface area contributed by atoms with E-state index in [0.29, 0.717) is 11.1 Å². The first-order valence-electron chi connectivity index (χ1n) is 8.01. The van der Waals surface area contributed by atoms with Crippen LogP contribution in [0.4, 0.5) is 14.6 Å². The Kier molecular flexibility index (Phi) is 7.06. The van der Waals surface area contributed by atoms with Crippen molar-refractivity contribution in [2.75, 3.05) is 11.9 Å². The van der Waals surface area contributed by atoms with Gasteiger partial charge < -0.3 is 15.4 Å². The van der Waals surface area contributed by atoms with E-state index in [9.17, 15) is 18.4 Å². The molecule has 0 saturated heterocycles. The molecule has 0 spiro atoms. The molecule has 6 nitrogen and oxygen atoms in total. The third-order valence-electron chi connectivity index (χ3n) is 3.49. The first-order chi connectivity index (χ1) is 12.8. The monoisotopic (exact) mass is 397 g/mol. The molecule has 1 heterocycles. The molecule has 0 saturated carbocycles. The van der Waals surface area contributed by atoms with Crippen LogP contribution in [0, 0.1) is 0 Å². The summed E-state index contributed by atoms with van der Waals surface area (Å²) in [7, 11) is 0. The van der Waals surface area contributed by atoms with E-state index < -0.39 is 19.1 Å². The van der Waals surface area contributed by atoms with Crippen LogP contribution in [-0.2, 0) is 4.79 Å². The quantitative estimate of drug-likeness (QED) is 0.744. The Balaban J connectivity index is 2.07. The summed E-state index contributed by atoms with van der Waals surface area (Å²) in [5.74, 6) is -0.196. The number of pyridine rings is 1. The van der Waals surface area contributed by atoms with Crippen molar-refractivity contribution in [3.8, 4) is 5.75 Å². The highest BCUT2D eigenvalue weighted by atomic mass is 35.5. The van der Waals surface area contributed by atoms with Gasteiger partial charge in [-0.1, -0.05) is 17.7 Å². The molecule has 1 unspecified atom stereocenters. The molecule has 1 aromatic carbocycles. The largest absolute Gasteiger partial charge is 0.488 e. The van der Waals surface area contributed by atoms with Gasteiger partial charge in [-0.05, 0) is 36.8 Å². The molecule has 0 fully saturated rings. The number of hydrogen-bond acceptors (Lipinski definition) is 4. The zero-order valence-electron chi connectivity index (χ0n) is 14.6. The Labute approximate surface area is 159 Å². The number of hydrogen-bond donors (Lipinski definition) is 2.